The molecule has 0 aliphatic heterocycles. The van der Waals surface area contributed by atoms with E-state index in [1.807, 2.05) is 20.8 Å². The van der Waals surface area contributed by atoms with Crippen LogP contribution in [0.1, 0.15) is 59.2 Å². The number of nitrogens with one attached hydrogen (secondary N) is 1. The molecule has 1 aromatic rings. The standard InChI is InChI=1S/C15H27N5OS/c1-10-5-7-11(8-6-10)17-12(21)9-22-14-19-18-13(20(14)16)15(2,3)4/h10-11H,5-9,16H2,1-4H3,(H,17,21). The van der Waals surface area contributed by atoms with E-state index >= 15 is 0 Å². The number of hydrogen-bond donors (Lipinski definition) is 2. The van der Waals surface area contributed by atoms with Gasteiger partial charge in [0.25, 0.3) is 0 Å². The van der Waals surface area contributed by atoms with Crippen LogP contribution in [0.5, 0.6) is 0 Å². The molecule has 1 saturated carbocycles. The molecule has 7 heteroatoms. The Bertz CT molecular complexity index is 514. The van der Waals surface area contributed by atoms with Crippen molar-refractivity contribution < 1.29 is 4.79 Å². The molecule has 0 unspecified atom stereocenters. The number of aromatic nitrogens is 3. The Hall–Kier alpha value is -1.24. The Morgan fingerprint density at radius 3 is 2.50 bits per heavy atom. The van der Waals surface area contributed by atoms with Crippen LogP contribution < -0.4 is 11.2 Å². The first kappa shape index (κ1) is 17.1. The first-order chi connectivity index (χ1) is 10.3. The Morgan fingerprint density at radius 2 is 1.95 bits per heavy atom. The summed E-state index contributed by atoms with van der Waals surface area (Å²) in [5.74, 6) is 7.89. The number of amides is 1. The van der Waals surface area contributed by atoms with Crippen molar-refractivity contribution in [3.05, 3.63) is 5.82 Å². The second-order valence-electron chi connectivity index (χ2n) is 7.24. The van der Waals surface area contributed by atoms with E-state index in [2.05, 4.69) is 22.4 Å². The van der Waals surface area contributed by atoms with Gasteiger partial charge in [-0.2, -0.15) is 0 Å². The van der Waals surface area contributed by atoms with E-state index in [-0.39, 0.29) is 11.3 Å². The third-order valence-corrected chi connectivity index (χ3v) is 4.99. The molecule has 22 heavy (non-hydrogen) atoms. The van der Waals surface area contributed by atoms with Crippen LogP contribution in [0.25, 0.3) is 0 Å². The summed E-state index contributed by atoms with van der Waals surface area (Å²) in [6, 6.07) is 0.324. The van der Waals surface area contributed by atoms with Crippen LogP contribution >= 0.6 is 11.8 Å². The Labute approximate surface area is 136 Å². The van der Waals surface area contributed by atoms with Crippen LogP contribution in [0.4, 0.5) is 0 Å². The summed E-state index contributed by atoms with van der Waals surface area (Å²) in [4.78, 5) is 12.1. The van der Waals surface area contributed by atoms with E-state index in [9.17, 15) is 4.79 Å². The smallest absolute Gasteiger partial charge is 0.230 e. The minimum absolute atomic E-state index is 0.0462. The summed E-state index contributed by atoms with van der Waals surface area (Å²) >= 11 is 1.33. The summed E-state index contributed by atoms with van der Waals surface area (Å²) < 4.78 is 1.49. The van der Waals surface area contributed by atoms with E-state index in [0.717, 1.165) is 24.6 Å². The number of carbonyl (C=O) groups excluding carboxylic acids is 1. The fourth-order valence-corrected chi connectivity index (χ4v) is 3.36. The maximum atomic E-state index is 12.1. The Morgan fingerprint density at radius 1 is 1.32 bits per heavy atom. The molecule has 6 nitrogen and oxygen atoms in total. The highest BCUT2D eigenvalue weighted by atomic mass is 32.2. The summed E-state index contributed by atoms with van der Waals surface area (Å²) in [6.07, 6.45) is 4.56. The SMILES string of the molecule is CC1CCC(NC(=O)CSc2nnc(C(C)(C)C)n2N)CC1. The molecule has 3 N–H and O–H groups in total. The van der Waals surface area contributed by atoms with Crippen LogP contribution in [-0.4, -0.2) is 32.6 Å². The highest BCUT2D eigenvalue weighted by Gasteiger charge is 2.24. The Balaban J connectivity index is 1.83. The minimum Gasteiger partial charge on any atom is -0.353 e. The van der Waals surface area contributed by atoms with Gasteiger partial charge in [-0.1, -0.05) is 39.5 Å². The first-order valence-corrected chi connectivity index (χ1v) is 8.89. The topological polar surface area (TPSA) is 85.8 Å². The lowest BCUT2D eigenvalue weighted by atomic mass is 9.87. The molecule has 124 valence electrons. The van der Waals surface area contributed by atoms with Crippen LogP contribution in [0.15, 0.2) is 5.16 Å². The Kier molecular flexibility index (Phi) is 5.36. The average molecular weight is 325 g/mol. The molecule has 1 heterocycles. The lowest BCUT2D eigenvalue weighted by Gasteiger charge is -2.26. The van der Waals surface area contributed by atoms with Crippen molar-refractivity contribution >= 4 is 17.7 Å². The molecular weight excluding hydrogens is 298 g/mol. The molecule has 1 amide bonds. The van der Waals surface area contributed by atoms with E-state index < -0.39 is 0 Å². The van der Waals surface area contributed by atoms with E-state index in [1.54, 1.807) is 0 Å². The molecule has 0 atom stereocenters. The average Bonchev–Trinajstić information content (AvgIpc) is 2.80. The van der Waals surface area contributed by atoms with Gasteiger partial charge in [-0.05, 0) is 31.6 Å². The van der Waals surface area contributed by atoms with Gasteiger partial charge >= 0.3 is 0 Å². The molecule has 2 rings (SSSR count). The predicted octanol–water partition coefficient (Wildman–Crippen LogP) is 2.08. The summed E-state index contributed by atoms with van der Waals surface area (Å²) in [5, 5.41) is 11.9. The molecular formula is C15H27N5OS. The van der Waals surface area contributed by atoms with Crippen molar-refractivity contribution in [2.45, 2.75) is 70.0 Å². The fourth-order valence-electron chi connectivity index (χ4n) is 2.69. The molecule has 0 spiro atoms. The van der Waals surface area contributed by atoms with Crippen LogP contribution in [0.3, 0.4) is 0 Å². The third-order valence-electron chi connectivity index (χ3n) is 4.05. The van der Waals surface area contributed by atoms with Crippen molar-refractivity contribution in [3.8, 4) is 0 Å². The lowest BCUT2D eigenvalue weighted by Crippen LogP contribution is -2.38. The van der Waals surface area contributed by atoms with Gasteiger partial charge in [0.05, 0.1) is 5.75 Å². The molecule has 1 aliphatic rings. The van der Waals surface area contributed by atoms with Gasteiger partial charge in [-0.15, -0.1) is 10.2 Å². The van der Waals surface area contributed by atoms with Crippen molar-refractivity contribution in [1.29, 1.82) is 0 Å². The lowest BCUT2D eigenvalue weighted by molar-refractivity contribution is -0.119. The quantitative estimate of drug-likeness (QED) is 0.654. The van der Waals surface area contributed by atoms with Crippen LogP contribution in [-0.2, 0) is 10.2 Å². The molecule has 0 radical (unpaired) electrons. The zero-order chi connectivity index (χ0) is 16.3. The molecule has 1 aromatic heterocycles. The number of nitrogens with zero attached hydrogens (tertiary/aromatic N) is 3. The van der Waals surface area contributed by atoms with Crippen LogP contribution in [0.2, 0.25) is 0 Å². The zero-order valence-electron chi connectivity index (χ0n) is 13.9. The van der Waals surface area contributed by atoms with Crippen LogP contribution in [0, 0.1) is 5.92 Å². The van der Waals surface area contributed by atoms with Gasteiger partial charge in [0.2, 0.25) is 11.1 Å². The third kappa shape index (κ3) is 4.38. The van der Waals surface area contributed by atoms with Gasteiger partial charge in [0.1, 0.15) is 0 Å². The van der Waals surface area contributed by atoms with Crippen molar-refractivity contribution in [2.24, 2.45) is 5.92 Å². The predicted molar refractivity (Wildman–Crippen MR) is 89.2 cm³/mol. The fraction of sp³-hybridized carbons (Fsp3) is 0.800. The molecule has 1 fully saturated rings. The highest BCUT2D eigenvalue weighted by molar-refractivity contribution is 7.99. The normalized spacial score (nSPS) is 22.5. The van der Waals surface area contributed by atoms with Gasteiger partial charge < -0.3 is 11.2 Å². The second kappa shape index (κ2) is 6.89. The van der Waals surface area contributed by atoms with Gasteiger partial charge in [-0.25, -0.2) is 4.68 Å². The summed E-state index contributed by atoms with van der Waals surface area (Å²) in [7, 11) is 0. The maximum Gasteiger partial charge on any atom is 0.230 e. The van der Waals surface area contributed by atoms with E-state index in [4.69, 9.17) is 5.84 Å². The number of carbonyl (C=O) groups is 1. The van der Waals surface area contributed by atoms with Crippen molar-refractivity contribution in [3.63, 3.8) is 0 Å². The van der Waals surface area contributed by atoms with Gasteiger partial charge in [0.15, 0.2) is 5.82 Å². The van der Waals surface area contributed by atoms with E-state index in [0.29, 0.717) is 17.0 Å². The highest BCUT2D eigenvalue weighted by Crippen LogP contribution is 2.25. The van der Waals surface area contributed by atoms with Crippen molar-refractivity contribution in [2.75, 3.05) is 11.6 Å². The number of nitrogens with two attached hydrogens (primary N) is 1. The molecule has 1 aliphatic carbocycles. The maximum absolute atomic E-state index is 12.1. The number of nitrogen functional groups attached to an aromatic ring is 1. The van der Waals surface area contributed by atoms with Crippen molar-refractivity contribution in [1.82, 2.24) is 20.2 Å². The number of thioether (sulfide) groups is 1. The van der Waals surface area contributed by atoms with Gasteiger partial charge in [0, 0.05) is 11.5 Å². The molecule has 0 aromatic carbocycles. The zero-order valence-corrected chi connectivity index (χ0v) is 14.7. The molecule has 0 saturated heterocycles. The largest absolute Gasteiger partial charge is 0.353 e. The number of hydrogen-bond acceptors (Lipinski definition) is 5. The first-order valence-electron chi connectivity index (χ1n) is 7.90. The minimum atomic E-state index is -0.165. The van der Waals surface area contributed by atoms with Gasteiger partial charge in [-0.3, -0.25) is 4.79 Å². The molecule has 0 bridgehead atoms. The summed E-state index contributed by atoms with van der Waals surface area (Å²) in [6.45, 7) is 8.37. The monoisotopic (exact) mass is 325 g/mol. The summed E-state index contributed by atoms with van der Waals surface area (Å²) in [5.41, 5.74) is -0.165. The second-order valence-corrected chi connectivity index (χ2v) is 8.18. The number of rotatable bonds is 4. The van der Waals surface area contributed by atoms with E-state index in [1.165, 1.54) is 29.3 Å².